The number of nitrogens with zero attached hydrogens (tertiary/aromatic N) is 9. The molecule has 35 heavy (non-hydrogen) atoms. The third kappa shape index (κ3) is 5.88. The van der Waals surface area contributed by atoms with Crippen molar-refractivity contribution >= 4 is 12.1 Å². The molecule has 0 aromatic carbocycles. The van der Waals surface area contributed by atoms with Crippen LogP contribution in [-0.2, 0) is 20.9 Å². The van der Waals surface area contributed by atoms with Crippen molar-refractivity contribution in [3.05, 3.63) is 36.5 Å². The van der Waals surface area contributed by atoms with Crippen LogP contribution in [0, 0.1) is 0 Å². The van der Waals surface area contributed by atoms with E-state index in [2.05, 4.69) is 30.7 Å². The third-order valence-electron chi connectivity index (χ3n) is 5.25. The molecule has 0 aliphatic carbocycles. The van der Waals surface area contributed by atoms with E-state index in [4.69, 9.17) is 14.2 Å². The van der Waals surface area contributed by atoms with Crippen LogP contribution in [0.1, 0.15) is 45.3 Å². The number of aromatic nitrogens is 8. The second-order valence-corrected chi connectivity index (χ2v) is 8.94. The lowest BCUT2D eigenvalue weighted by molar-refractivity contribution is -0.148. The maximum Gasteiger partial charge on any atom is 0.411 e. The highest BCUT2D eigenvalue weighted by Crippen LogP contribution is 2.28. The summed E-state index contributed by atoms with van der Waals surface area (Å²) in [6, 6.07) is 2.50. The Balaban J connectivity index is 1.37. The molecule has 1 saturated heterocycles. The van der Waals surface area contributed by atoms with Gasteiger partial charge in [0.05, 0.1) is 25.5 Å². The topological polar surface area (TPSA) is 152 Å². The molecule has 1 unspecified atom stereocenters. The van der Waals surface area contributed by atoms with Crippen LogP contribution in [0.25, 0.3) is 5.82 Å². The summed E-state index contributed by atoms with van der Waals surface area (Å²) in [6.45, 7) is 5.83. The Hall–Kier alpha value is -4.10. The molecule has 2 atom stereocenters. The van der Waals surface area contributed by atoms with E-state index in [1.54, 1.807) is 50.1 Å². The van der Waals surface area contributed by atoms with E-state index >= 15 is 0 Å². The van der Waals surface area contributed by atoms with E-state index in [-0.39, 0.29) is 12.6 Å². The molecule has 3 aromatic rings. The van der Waals surface area contributed by atoms with Crippen molar-refractivity contribution in [3.8, 4) is 11.6 Å². The van der Waals surface area contributed by atoms with Gasteiger partial charge in [0.25, 0.3) is 0 Å². The summed E-state index contributed by atoms with van der Waals surface area (Å²) in [4.78, 5) is 32.3. The van der Waals surface area contributed by atoms with Crippen LogP contribution >= 0.6 is 0 Å². The van der Waals surface area contributed by atoms with Gasteiger partial charge >= 0.3 is 12.1 Å². The number of tetrazole rings is 1. The van der Waals surface area contributed by atoms with Crippen LogP contribution in [0.4, 0.5) is 4.79 Å². The fourth-order valence-electron chi connectivity index (χ4n) is 3.62. The first-order valence-corrected chi connectivity index (χ1v) is 11.0. The molecule has 0 saturated carbocycles. The second-order valence-electron chi connectivity index (χ2n) is 8.94. The Morgan fingerprint density at radius 2 is 2.03 bits per heavy atom. The highest BCUT2D eigenvalue weighted by molar-refractivity contribution is 5.81. The minimum absolute atomic E-state index is 0.184. The van der Waals surface area contributed by atoms with E-state index in [1.165, 1.54) is 23.0 Å². The predicted molar refractivity (Wildman–Crippen MR) is 118 cm³/mol. The average molecular weight is 486 g/mol. The van der Waals surface area contributed by atoms with Gasteiger partial charge in [-0.2, -0.15) is 19.7 Å². The Morgan fingerprint density at radius 1 is 1.20 bits per heavy atom. The van der Waals surface area contributed by atoms with E-state index < -0.39 is 23.7 Å². The SMILES string of the molecule is COC(=O)C1C[C@H](n2ncc(COc3ccc(-n4cnnn4)nc3)n2)CCN1C(=O)OC(C)(C)C. The molecular weight excluding hydrogens is 458 g/mol. The molecule has 4 rings (SSSR count). The Kier molecular flexibility index (Phi) is 6.89. The van der Waals surface area contributed by atoms with Gasteiger partial charge in [-0.15, -0.1) is 5.10 Å². The number of piperidine rings is 1. The van der Waals surface area contributed by atoms with Crippen LogP contribution in [0.5, 0.6) is 5.75 Å². The monoisotopic (exact) mass is 485 g/mol. The quantitative estimate of drug-likeness (QED) is 0.465. The summed E-state index contributed by atoms with van der Waals surface area (Å²) < 4.78 is 17.6. The summed E-state index contributed by atoms with van der Waals surface area (Å²) >= 11 is 0. The molecule has 14 nitrogen and oxygen atoms in total. The van der Waals surface area contributed by atoms with Crippen LogP contribution in [0.15, 0.2) is 30.9 Å². The van der Waals surface area contributed by atoms with Crippen LogP contribution < -0.4 is 4.74 Å². The molecule has 0 radical (unpaired) electrons. The number of carbonyl (C=O) groups is 2. The van der Waals surface area contributed by atoms with E-state index in [1.807, 2.05) is 0 Å². The lowest BCUT2D eigenvalue weighted by Gasteiger charge is -2.37. The maximum absolute atomic E-state index is 12.6. The second kappa shape index (κ2) is 10.0. The van der Waals surface area contributed by atoms with Crippen LogP contribution in [0.3, 0.4) is 0 Å². The zero-order valence-corrected chi connectivity index (χ0v) is 19.9. The van der Waals surface area contributed by atoms with Gasteiger partial charge in [0.15, 0.2) is 5.82 Å². The number of carbonyl (C=O) groups excluding carboxylic acids is 2. The molecule has 4 heterocycles. The van der Waals surface area contributed by atoms with Crippen LogP contribution in [-0.4, -0.2) is 82.4 Å². The Labute approximate surface area is 201 Å². The van der Waals surface area contributed by atoms with E-state index in [9.17, 15) is 9.59 Å². The fourth-order valence-corrected chi connectivity index (χ4v) is 3.62. The first kappa shape index (κ1) is 24.0. The van der Waals surface area contributed by atoms with Gasteiger partial charge in [-0.1, -0.05) is 0 Å². The molecule has 0 spiro atoms. The summed E-state index contributed by atoms with van der Waals surface area (Å²) in [5, 5.41) is 19.8. The smallest absolute Gasteiger partial charge is 0.411 e. The highest BCUT2D eigenvalue weighted by Gasteiger charge is 2.40. The molecule has 0 bridgehead atoms. The summed E-state index contributed by atoms with van der Waals surface area (Å²) in [5.41, 5.74) is -0.0602. The number of hydrogen-bond acceptors (Lipinski definition) is 11. The lowest BCUT2D eigenvalue weighted by Crippen LogP contribution is -2.52. The van der Waals surface area contributed by atoms with Gasteiger partial charge in [0.1, 0.15) is 36.0 Å². The zero-order valence-electron chi connectivity index (χ0n) is 19.9. The number of rotatable bonds is 6. The molecule has 3 aromatic heterocycles. The molecule has 1 aliphatic heterocycles. The average Bonchev–Trinajstić information content (AvgIpc) is 3.54. The third-order valence-corrected chi connectivity index (χ3v) is 5.25. The van der Waals surface area contributed by atoms with Crippen molar-refractivity contribution in [2.75, 3.05) is 13.7 Å². The van der Waals surface area contributed by atoms with E-state index in [0.717, 1.165) is 0 Å². The maximum atomic E-state index is 12.6. The Morgan fingerprint density at radius 3 is 2.69 bits per heavy atom. The molecule has 1 aliphatic rings. The number of esters is 1. The number of amides is 1. The molecule has 14 heteroatoms. The largest absolute Gasteiger partial charge is 0.486 e. The zero-order chi connectivity index (χ0) is 25.0. The minimum atomic E-state index is -0.788. The normalized spacial score (nSPS) is 18.2. The number of likely N-dealkylation sites (tertiary alicyclic amines) is 1. The van der Waals surface area contributed by atoms with Crippen LogP contribution in [0.2, 0.25) is 0 Å². The molecular formula is C21H27N9O5. The number of pyridine rings is 1. The van der Waals surface area contributed by atoms with Crippen molar-refractivity contribution in [3.63, 3.8) is 0 Å². The lowest BCUT2D eigenvalue weighted by atomic mass is 9.98. The predicted octanol–water partition coefficient (Wildman–Crippen LogP) is 1.34. The molecule has 1 amide bonds. The van der Waals surface area contributed by atoms with Gasteiger partial charge in [-0.05, 0) is 49.8 Å². The first-order chi connectivity index (χ1) is 16.7. The Bertz CT molecular complexity index is 1140. The molecule has 0 N–H and O–H groups in total. The van der Waals surface area contributed by atoms with Crippen molar-refractivity contribution < 1.29 is 23.8 Å². The van der Waals surface area contributed by atoms with Crippen molar-refractivity contribution in [1.29, 1.82) is 0 Å². The van der Waals surface area contributed by atoms with Gasteiger partial charge in [-0.25, -0.2) is 14.6 Å². The number of hydrogen-bond donors (Lipinski definition) is 0. The van der Waals surface area contributed by atoms with Gasteiger partial charge < -0.3 is 14.2 Å². The van der Waals surface area contributed by atoms with Gasteiger partial charge in [-0.3, -0.25) is 4.90 Å². The summed E-state index contributed by atoms with van der Waals surface area (Å²) in [6.07, 6.45) is 4.94. The molecule has 186 valence electrons. The summed E-state index contributed by atoms with van der Waals surface area (Å²) in [7, 11) is 1.30. The fraction of sp³-hybridized carbons (Fsp3) is 0.524. The number of methoxy groups -OCH3 is 1. The molecule has 1 fully saturated rings. The highest BCUT2D eigenvalue weighted by atomic mass is 16.6. The standard InChI is InChI=1S/C21H27N9O5/c1-21(2,3)35-20(32)28-8-7-15(9-17(28)19(31)33-4)30-24-10-14(25-30)12-34-16-5-6-18(22-11-16)29-13-23-26-27-29/h5-6,10-11,13,15,17H,7-9,12H2,1-4H3/t15-,17?/m1/s1. The van der Waals surface area contributed by atoms with Crippen molar-refractivity contribution in [2.24, 2.45) is 0 Å². The minimum Gasteiger partial charge on any atom is -0.486 e. The van der Waals surface area contributed by atoms with Crippen molar-refractivity contribution in [2.45, 2.75) is 57.9 Å². The van der Waals surface area contributed by atoms with Crippen molar-refractivity contribution in [1.82, 2.24) is 45.1 Å². The number of ether oxygens (including phenoxy) is 3. The van der Waals surface area contributed by atoms with Gasteiger partial charge in [0.2, 0.25) is 0 Å². The van der Waals surface area contributed by atoms with E-state index in [0.29, 0.717) is 36.6 Å². The van der Waals surface area contributed by atoms with Gasteiger partial charge in [0, 0.05) is 13.0 Å². The first-order valence-electron chi connectivity index (χ1n) is 11.0. The summed E-state index contributed by atoms with van der Waals surface area (Å²) in [5.74, 6) is 0.605.